The number of amides is 1. The van der Waals surface area contributed by atoms with Crippen molar-refractivity contribution < 1.29 is 14.7 Å². The molecule has 0 aromatic heterocycles. The van der Waals surface area contributed by atoms with Crippen LogP contribution >= 0.6 is 0 Å². The Morgan fingerprint density at radius 3 is 2.61 bits per heavy atom. The molecule has 0 spiro atoms. The van der Waals surface area contributed by atoms with Crippen LogP contribution in [0.5, 0.6) is 0 Å². The molecule has 5 fully saturated rings. The van der Waals surface area contributed by atoms with Gasteiger partial charge in [0.05, 0.1) is 6.10 Å². The number of aliphatic hydroxyl groups excluding tert-OH is 1. The van der Waals surface area contributed by atoms with Crippen molar-refractivity contribution >= 4 is 11.7 Å². The maximum Gasteiger partial charge on any atom is 0.220 e. The van der Waals surface area contributed by atoms with Gasteiger partial charge in [0.1, 0.15) is 5.78 Å². The first kappa shape index (κ1) is 21.9. The number of ketones is 1. The fourth-order valence-electron chi connectivity index (χ4n) is 9.11. The molecule has 174 valence electrons. The number of hydrogen-bond donors (Lipinski definition) is 2. The number of fused-ring (bicyclic) bond motifs is 5. The molecule has 1 amide bonds. The number of carbonyl (C=O) groups is 2. The average Bonchev–Trinajstić information content (AvgIpc) is 3.45. The van der Waals surface area contributed by atoms with Gasteiger partial charge in [-0.3, -0.25) is 9.59 Å². The van der Waals surface area contributed by atoms with Crippen LogP contribution < -0.4 is 5.32 Å². The lowest BCUT2D eigenvalue weighted by molar-refractivity contribution is -0.162. The topological polar surface area (TPSA) is 66.4 Å². The molecule has 4 heteroatoms. The van der Waals surface area contributed by atoms with Crippen LogP contribution in [0.3, 0.4) is 0 Å². The van der Waals surface area contributed by atoms with E-state index in [1.807, 2.05) is 0 Å². The van der Waals surface area contributed by atoms with E-state index in [1.54, 1.807) is 0 Å². The van der Waals surface area contributed by atoms with E-state index in [4.69, 9.17) is 0 Å². The van der Waals surface area contributed by atoms with Crippen molar-refractivity contribution in [3.63, 3.8) is 0 Å². The van der Waals surface area contributed by atoms with Gasteiger partial charge in [0.15, 0.2) is 0 Å². The summed E-state index contributed by atoms with van der Waals surface area (Å²) in [7, 11) is 0. The highest BCUT2D eigenvalue weighted by atomic mass is 16.3. The SMILES string of the molecule is C[C@H](CCC(=O)NC1CC1)[C@H]1CC[C@H]2[C@@H]3CC[C@@H]4C[C@H](O)CC[C@]4(C)[C@H]3C(=O)C[C@]12C. The molecule has 0 aromatic carbocycles. The fraction of sp³-hybridized carbons (Fsp3) is 0.926. The van der Waals surface area contributed by atoms with Crippen molar-refractivity contribution in [3.8, 4) is 0 Å². The lowest BCUT2D eigenvalue weighted by Crippen LogP contribution is -2.57. The van der Waals surface area contributed by atoms with Gasteiger partial charge in [0, 0.05) is 24.8 Å². The van der Waals surface area contributed by atoms with Crippen molar-refractivity contribution in [1.29, 1.82) is 0 Å². The molecule has 0 radical (unpaired) electrons. The van der Waals surface area contributed by atoms with Gasteiger partial charge >= 0.3 is 0 Å². The first-order valence-electron chi connectivity index (χ1n) is 13.2. The second-order valence-electron chi connectivity index (χ2n) is 12.6. The van der Waals surface area contributed by atoms with Gasteiger partial charge in [-0.15, -0.1) is 0 Å². The molecule has 5 aliphatic carbocycles. The normalized spacial score (nSPS) is 47.8. The molecule has 5 aliphatic rings. The minimum Gasteiger partial charge on any atom is -0.393 e. The Hall–Kier alpha value is -0.900. The second kappa shape index (κ2) is 7.85. The van der Waals surface area contributed by atoms with E-state index in [1.165, 1.54) is 25.7 Å². The first-order valence-corrected chi connectivity index (χ1v) is 13.2. The Labute approximate surface area is 188 Å². The van der Waals surface area contributed by atoms with Crippen molar-refractivity contribution in [2.45, 2.75) is 110 Å². The van der Waals surface area contributed by atoms with Crippen LogP contribution in [0.4, 0.5) is 0 Å². The first-order chi connectivity index (χ1) is 14.7. The minimum atomic E-state index is -0.160. The number of rotatable bonds is 5. The van der Waals surface area contributed by atoms with Gasteiger partial charge < -0.3 is 10.4 Å². The number of aliphatic hydroxyl groups is 1. The number of nitrogens with one attached hydrogen (secondary N) is 1. The van der Waals surface area contributed by atoms with E-state index in [0.717, 1.165) is 44.9 Å². The molecule has 0 aromatic rings. The standard InChI is InChI=1S/C27H43NO3/c1-16(4-11-24(31)28-18-6-7-18)21-9-10-22-20-8-5-17-14-19(29)12-13-26(17,2)25(20)23(30)15-27(21,22)3/h16-22,25,29H,4-15H2,1-3H3,(H,28,31)/t16-,17-,19-,20+,21-,22+,25-,26+,27-/m1/s1. The average molecular weight is 430 g/mol. The Morgan fingerprint density at radius 2 is 1.87 bits per heavy atom. The van der Waals surface area contributed by atoms with Crippen molar-refractivity contribution in [2.24, 2.45) is 46.3 Å². The summed E-state index contributed by atoms with van der Waals surface area (Å²) < 4.78 is 0. The highest BCUT2D eigenvalue weighted by molar-refractivity contribution is 5.84. The van der Waals surface area contributed by atoms with Gasteiger partial charge in [-0.1, -0.05) is 20.8 Å². The number of hydrogen-bond acceptors (Lipinski definition) is 3. The Kier molecular flexibility index (Phi) is 5.55. The minimum absolute atomic E-state index is 0.102. The maximum atomic E-state index is 13.8. The zero-order chi connectivity index (χ0) is 22.0. The molecule has 5 saturated carbocycles. The van der Waals surface area contributed by atoms with Crippen LogP contribution in [-0.2, 0) is 9.59 Å². The second-order valence-corrected chi connectivity index (χ2v) is 12.6. The summed E-state index contributed by atoms with van der Waals surface area (Å²) in [5.74, 6) is 3.75. The molecule has 0 unspecified atom stereocenters. The van der Waals surface area contributed by atoms with E-state index in [9.17, 15) is 14.7 Å². The monoisotopic (exact) mass is 429 g/mol. The molecule has 4 nitrogen and oxygen atoms in total. The maximum absolute atomic E-state index is 13.8. The molecule has 0 bridgehead atoms. The third-order valence-corrected chi connectivity index (χ3v) is 10.9. The highest BCUT2D eigenvalue weighted by Gasteiger charge is 2.63. The van der Waals surface area contributed by atoms with Gasteiger partial charge in [0.25, 0.3) is 0 Å². The summed E-state index contributed by atoms with van der Waals surface area (Å²) in [6.07, 6.45) is 12.1. The van der Waals surface area contributed by atoms with E-state index in [2.05, 4.69) is 26.1 Å². The third-order valence-electron chi connectivity index (χ3n) is 10.9. The zero-order valence-electron chi connectivity index (χ0n) is 19.9. The number of carbonyl (C=O) groups excluding carboxylic acids is 2. The summed E-state index contributed by atoms with van der Waals surface area (Å²) in [5.41, 5.74) is 0.215. The van der Waals surface area contributed by atoms with Crippen molar-refractivity contribution in [3.05, 3.63) is 0 Å². The summed E-state index contributed by atoms with van der Waals surface area (Å²) in [6, 6.07) is 0.446. The lowest BCUT2D eigenvalue weighted by Gasteiger charge is -2.60. The van der Waals surface area contributed by atoms with E-state index >= 15 is 0 Å². The number of Topliss-reactive ketones (excluding diaryl/α,β-unsaturated/α-hetero) is 1. The summed E-state index contributed by atoms with van der Waals surface area (Å²) >= 11 is 0. The Balaban J connectivity index is 1.30. The predicted molar refractivity (Wildman–Crippen MR) is 121 cm³/mol. The smallest absolute Gasteiger partial charge is 0.220 e. The summed E-state index contributed by atoms with van der Waals surface area (Å²) in [6.45, 7) is 7.14. The summed E-state index contributed by atoms with van der Waals surface area (Å²) in [5, 5.41) is 13.4. The van der Waals surface area contributed by atoms with E-state index < -0.39 is 0 Å². The predicted octanol–water partition coefficient (Wildman–Crippen LogP) is 4.88. The van der Waals surface area contributed by atoms with Crippen LogP contribution in [0, 0.1) is 46.3 Å². The summed E-state index contributed by atoms with van der Waals surface area (Å²) in [4.78, 5) is 26.0. The third kappa shape index (κ3) is 3.69. The molecule has 9 atom stereocenters. The molecular weight excluding hydrogens is 386 g/mol. The largest absolute Gasteiger partial charge is 0.393 e. The van der Waals surface area contributed by atoms with Crippen LogP contribution in [-0.4, -0.2) is 28.9 Å². The Bertz CT molecular complexity index is 732. The van der Waals surface area contributed by atoms with Crippen molar-refractivity contribution in [2.75, 3.05) is 0 Å². The zero-order valence-corrected chi connectivity index (χ0v) is 19.9. The van der Waals surface area contributed by atoms with Crippen LogP contribution in [0.15, 0.2) is 0 Å². The Morgan fingerprint density at radius 1 is 1.10 bits per heavy atom. The van der Waals surface area contributed by atoms with Gasteiger partial charge in [-0.05, 0) is 105 Å². The highest BCUT2D eigenvalue weighted by Crippen LogP contribution is 2.67. The van der Waals surface area contributed by atoms with Crippen LogP contribution in [0.1, 0.15) is 97.8 Å². The van der Waals surface area contributed by atoms with Gasteiger partial charge in [-0.25, -0.2) is 0 Å². The fourth-order valence-corrected chi connectivity index (χ4v) is 9.11. The van der Waals surface area contributed by atoms with E-state index in [-0.39, 0.29) is 28.8 Å². The lowest BCUT2D eigenvalue weighted by atomic mass is 9.44. The molecule has 0 saturated heterocycles. The molecule has 2 N–H and O–H groups in total. The molecule has 0 heterocycles. The molecular formula is C27H43NO3. The molecule has 0 aliphatic heterocycles. The molecule has 5 rings (SSSR count). The van der Waals surface area contributed by atoms with Gasteiger partial charge in [-0.2, -0.15) is 0 Å². The van der Waals surface area contributed by atoms with Gasteiger partial charge in [0.2, 0.25) is 5.91 Å². The van der Waals surface area contributed by atoms with Crippen molar-refractivity contribution in [1.82, 2.24) is 5.32 Å². The quantitative estimate of drug-likeness (QED) is 0.654. The van der Waals surface area contributed by atoms with E-state index in [0.29, 0.717) is 47.8 Å². The molecule has 31 heavy (non-hydrogen) atoms. The van der Waals surface area contributed by atoms with Crippen LogP contribution in [0.2, 0.25) is 0 Å². The van der Waals surface area contributed by atoms with Crippen LogP contribution in [0.25, 0.3) is 0 Å².